The number of benzene rings is 3. The Kier molecular flexibility index (Phi) is 3.47. The van der Waals surface area contributed by atoms with E-state index in [0.717, 1.165) is 22.3 Å². The van der Waals surface area contributed by atoms with Gasteiger partial charge in [0, 0.05) is 5.71 Å². The second-order valence-electron chi connectivity index (χ2n) is 6.76. The van der Waals surface area contributed by atoms with Crippen molar-refractivity contribution in [3.63, 3.8) is 0 Å². The summed E-state index contributed by atoms with van der Waals surface area (Å²) in [6, 6.07) is 25.2. The highest BCUT2D eigenvalue weighted by Gasteiger charge is 2.47. The normalized spacial score (nSPS) is 13.8. The Bertz CT molecular complexity index is 964. The van der Waals surface area contributed by atoms with Gasteiger partial charge in [-0.2, -0.15) is 0 Å². The molecule has 0 saturated carbocycles. The summed E-state index contributed by atoms with van der Waals surface area (Å²) in [6.07, 6.45) is 0. The molecule has 1 aliphatic carbocycles. The van der Waals surface area contributed by atoms with Crippen LogP contribution in [0, 0.1) is 12.3 Å². The number of nitrogens with one attached hydrogen (secondary N) is 1. The summed E-state index contributed by atoms with van der Waals surface area (Å²) in [7, 11) is 0. The molecule has 1 nitrogen and oxygen atoms in total. The van der Waals surface area contributed by atoms with Gasteiger partial charge in [0.05, 0.1) is 5.41 Å². The van der Waals surface area contributed by atoms with E-state index in [2.05, 4.69) is 74.2 Å². The molecule has 0 bridgehead atoms. The smallest absolute Gasteiger partial charge is 0.0836 e. The van der Waals surface area contributed by atoms with Crippen molar-refractivity contribution in [1.29, 1.82) is 5.41 Å². The maximum atomic E-state index is 8.79. The van der Waals surface area contributed by atoms with Gasteiger partial charge in [-0.25, -0.2) is 0 Å². The zero-order valence-corrected chi connectivity index (χ0v) is 14.6. The maximum absolute atomic E-state index is 8.79. The van der Waals surface area contributed by atoms with Crippen molar-refractivity contribution >= 4 is 11.3 Å². The van der Waals surface area contributed by atoms with Gasteiger partial charge < -0.3 is 5.41 Å². The van der Waals surface area contributed by atoms with Gasteiger partial charge in [0.1, 0.15) is 0 Å². The summed E-state index contributed by atoms with van der Waals surface area (Å²) in [5.41, 5.74) is 8.05. The van der Waals surface area contributed by atoms with Crippen LogP contribution in [0.5, 0.6) is 0 Å². The van der Waals surface area contributed by atoms with Gasteiger partial charge in [-0.3, -0.25) is 0 Å². The Hall–Kier alpha value is -2.93. The molecule has 122 valence electrons. The molecule has 25 heavy (non-hydrogen) atoms. The fourth-order valence-electron chi connectivity index (χ4n) is 4.30. The summed E-state index contributed by atoms with van der Waals surface area (Å²) < 4.78 is 0. The SMILES string of the molecule is C=C(c1ccccc1C)C1(C(C)=N)c2ccccc2-c2ccccc21. The first-order valence-electron chi connectivity index (χ1n) is 8.59. The average molecular weight is 323 g/mol. The number of allylic oxidation sites excluding steroid dienone is 1. The predicted octanol–water partition coefficient (Wildman–Crippen LogP) is 6.01. The van der Waals surface area contributed by atoms with Gasteiger partial charge in [0.2, 0.25) is 0 Å². The lowest BCUT2D eigenvalue weighted by atomic mass is 9.67. The molecule has 0 radical (unpaired) electrons. The van der Waals surface area contributed by atoms with Crippen LogP contribution in [-0.2, 0) is 5.41 Å². The molecule has 3 aromatic carbocycles. The van der Waals surface area contributed by atoms with Crippen LogP contribution in [0.2, 0.25) is 0 Å². The zero-order chi connectivity index (χ0) is 17.6. The molecule has 0 aromatic heterocycles. The van der Waals surface area contributed by atoms with Crippen molar-refractivity contribution in [3.8, 4) is 11.1 Å². The van der Waals surface area contributed by atoms with Gasteiger partial charge in [0.15, 0.2) is 0 Å². The van der Waals surface area contributed by atoms with Gasteiger partial charge in [0.25, 0.3) is 0 Å². The van der Waals surface area contributed by atoms with Crippen molar-refractivity contribution in [1.82, 2.24) is 0 Å². The van der Waals surface area contributed by atoms with Crippen LogP contribution in [-0.4, -0.2) is 5.71 Å². The molecule has 0 fully saturated rings. The van der Waals surface area contributed by atoms with Crippen LogP contribution in [0.4, 0.5) is 0 Å². The number of rotatable bonds is 3. The van der Waals surface area contributed by atoms with Gasteiger partial charge in [-0.1, -0.05) is 79.4 Å². The minimum atomic E-state index is -0.598. The molecule has 0 spiro atoms. The van der Waals surface area contributed by atoms with E-state index in [1.54, 1.807) is 0 Å². The van der Waals surface area contributed by atoms with Crippen molar-refractivity contribution in [2.75, 3.05) is 0 Å². The standard InChI is InChI=1S/C24H21N/c1-16-10-4-5-11-19(16)17(2)24(18(3)25)22-14-8-6-12-20(22)21-13-7-9-15-23(21)24/h4-15,25H,2H2,1,3H3. The molecule has 1 N–H and O–H groups in total. The lowest BCUT2D eigenvalue weighted by Crippen LogP contribution is -2.34. The molecule has 0 atom stereocenters. The monoisotopic (exact) mass is 323 g/mol. The molecule has 1 heteroatoms. The van der Waals surface area contributed by atoms with E-state index in [1.807, 2.05) is 19.1 Å². The minimum absolute atomic E-state index is 0.598. The summed E-state index contributed by atoms with van der Waals surface area (Å²) >= 11 is 0. The van der Waals surface area contributed by atoms with E-state index in [-0.39, 0.29) is 0 Å². The first kappa shape index (κ1) is 15.6. The summed E-state index contributed by atoms with van der Waals surface area (Å²) in [5, 5.41) is 8.79. The molecular formula is C24H21N. The zero-order valence-electron chi connectivity index (χ0n) is 14.6. The van der Waals surface area contributed by atoms with Crippen molar-refractivity contribution in [2.24, 2.45) is 0 Å². The van der Waals surface area contributed by atoms with E-state index in [4.69, 9.17) is 5.41 Å². The highest BCUT2D eigenvalue weighted by Crippen LogP contribution is 2.55. The summed E-state index contributed by atoms with van der Waals surface area (Å²) in [4.78, 5) is 0. The van der Waals surface area contributed by atoms with Crippen molar-refractivity contribution in [2.45, 2.75) is 19.3 Å². The molecule has 1 aliphatic rings. The van der Waals surface area contributed by atoms with Gasteiger partial charge >= 0.3 is 0 Å². The molecular weight excluding hydrogens is 302 g/mol. The average Bonchev–Trinajstić information content (AvgIpc) is 2.93. The van der Waals surface area contributed by atoms with Crippen LogP contribution in [0.3, 0.4) is 0 Å². The second kappa shape index (κ2) is 5.56. The molecule has 0 aliphatic heterocycles. The van der Waals surface area contributed by atoms with Crippen LogP contribution in [0.15, 0.2) is 79.4 Å². The van der Waals surface area contributed by atoms with E-state index in [9.17, 15) is 0 Å². The van der Waals surface area contributed by atoms with E-state index in [0.29, 0.717) is 5.71 Å². The Labute approximate surface area is 149 Å². The first-order chi connectivity index (χ1) is 12.1. The number of hydrogen-bond donors (Lipinski definition) is 1. The Morgan fingerprint density at radius 1 is 0.800 bits per heavy atom. The Balaban J connectivity index is 2.10. The van der Waals surface area contributed by atoms with Crippen molar-refractivity contribution < 1.29 is 0 Å². The van der Waals surface area contributed by atoms with Crippen LogP contribution < -0.4 is 0 Å². The summed E-state index contributed by atoms with van der Waals surface area (Å²) in [6.45, 7) is 8.53. The van der Waals surface area contributed by atoms with E-state index in [1.165, 1.54) is 16.7 Å². The molecule has 0 heterocycles. The lowest BCUT2D eigenvalue weighted by molar-refractivity contribution is 0.907. The first-order valence-corrected chi connectivity index (χ1v) is 8.59. The second-order valence-corrected chi connectivity index (χ2v) is 6.76. The Morgan fingerprint density at radius 3 is 1.80 bits per heavy atom. The van der Waals surface area contributed by atoms with Gasteiger partial charge in [-0.05, 0) is 52.8 Å². The highest BCUT2D eigenvalue weighted by atomic mass is 14.6. The third-order valence-corrected chi connectivity index (χ3v) is 5.44. The largest absolute Gasteiger partial charge is 0.308 e. The highest BCUT2D eigenvalue weighted by molar-refractivity contribution is 6.12. The minimum Gasteiger partial charge on any atom is -0.308 e. The molecule has 0 amide bonds. The Morgan fingerprint density at radius 2 is 1.28 bits per heavy atom. The number of hydrogen-bond acceptors (Lipinski definition) is 1. The third-order valence-electron chi connectivity index (χ3n) is 5.44. The third kappa shape index (κ3) is 1.99. The van der Waals surface area contributed by atoms with E-state index >= 15 is 0 Å². The van der Waals surface area contributed by atoms with Crippen LogP contribution in [0.25, 0.3) is 16.7 Å². The van der Waals surface area contributed by atoms with Crippen molar-refractivity contribution in [3.05, 3.63) is 102 Å². The van der Waals surface area contributed by atoms with Crippen LogP contribution in [0.1, 0.15) is 29.2 Å². The van der Waals surface area contributed by atoms with Gasteiger partial charge in [-0.15, -0.1) is 0 Å². The molecule has 0 unspecified atom stereocenters. The lowest BCUT2D eigenvalue weighted by Gasteiger charge is -2.34. The fraction of sp³-hybridized carbons (Fsp3) is 0.125. The molecule has 0 saturated heterocycles. The topological polar surface area (TPSA) is 23.9 Å². The maximum Gasteiger partial charge on any atom is 0.0836 e. The van der Waals surface area contributed by atoms with Crippen LogP contribution >= 0.6 is 0 Å². The fourth-order valence-corrected chi connectivity index (χ4v) is 4.30. The quantitative estimate of drug-likeness (QED) is 0.570. The van der Waals surface area contributed by atoms with E-state index < -0.39 is 5.41 Å². The number of fused-ring (bicyclic) bond motifs is 3. The molecule has 3 aromatic rings. The summed E-state index contributed by atoms with van der Waals surface area (Å²) in [5.74, 6) is 0. The molecule has 4 rings (SSSR count). The predicted molar refractivity (Wildman–Crippen MR) is 106 cm³/mol. The number of aryl methyl sites for hydroxylation is 1.